The Kier molecular flexibility index (Phi) is 6.52. The van der Waals surface area contributed by atoms with Gasteiger partial charge in [0.15, 0.2) is 0 Å². The number of benzene rings is 1. The van der Waals surface area contributed by atoms with Crippen LogP contribution in [0.25, 0.3) is 0 Å². The number of alkyl halides is 3. The second-order valence-electron chi connectivity index (χ2n) is 3.46. The molecule has 100 valence electrons. The van der Waals surface area contributed by atoms with E-state index in [0.29, 0.717) is 14.5 Å². The van der Waals surface area contributed by atoms with Crippen LogP contribution in [0.1, 0.15) is 10.4 Å². The fourth-order valence-electron chi connectivity index (χ4n) is 1.38. The SMILES string of the molecule is O=C(c1cc(Br)ccc1Br)N(CCCl)CC(F)F. The van der Waals surface area contributed by atoms with E-state index in [1.165, 1.54) is 0 Å². The molecule has 0 saturated carbocycles. The molecular weight excluding hydrogens is 395 g/mol. The first-order valence-electron chi connectivity index (χ1n) is 5.04. The molecule has 2 nitrogen and oxygen atoms in total. The van der Waals surface area contributed by atoms with Gasteiger partial charge in [0.1, 0.15) is 0 Å². The quantitative estimate of drug-likeness (QED) is 0.674. The largest absolute Gasteiger partial charge is 0.332 e. The molecule has 0 aliphatic rings. The highest BCUT2D eigenvalue weighted by Crippen LogP contribution is 2.23. The Morgan fingerprint density at radius 2 is 2.06 bits per heavy atom. The van der Waals surface area contributed by atoms with Gasteiger partial charge in [0, 0.05) is 21.4 Å². The normalized spacial score (nSPS) is 10.8. The van der Waals surface area contributed by atoms with Crippen molar-refractivity contribution >= 4 is 49.4 Å². The Labute approximate surface area is 126 Å². The Hall–Kier alpha value is -0.200. The fraction of sp³-hybridized carbons (Fsp3) is 0.364. The number of carbonyl (C=O) groups is 1. The average Bonchev–Trinajstić information content (AvgIpc) is 2.30. The van der Waals surface area contributed by atoms with E-state index in [2.05, 4.69) is 31.9 Å². The zero-order chi connectivity index (χ0) is 13.7. The van der Waals surface area contributed by atoms with Gasteiger partial charge in [-0.25, -0.2) is 8.78 Å². The average molecular weight is 405 g/mol. The molecular formula is C11H10Br2ClF2NO. The molecule has 1 aromatic rings. The van der Waals surface area contributed by atoms with Gasteiger partial charge in [-0.15, -0.1) is 11.6 Å². The maximum absolute atomic E-state index is 12.4. The third kappa shape index (κ3) is 4.48. The van der Waals surface area contributed by atoms with Crippen molar-refractivity contribution in [2.45, 2.75) is 6.43 Å². The van der Waals surface area contributed by atoms with Crippen molar-refractivity contribution in [3.05, 3.63) is 32.7 Å². The van der Waals surface area contributed by atoms with E-state index in [-0.39, 0.29) is 12.4 Å². The van der Waals surface area contributed by atoms with Crippen LogP contribution < -0.4 is 0 Å². The molecule has 0 aromatic heterocycles. The first-order valence-corrected chi connectivity index (χ1v) is 7.16. The van der Waals surface area contributed by atoms with Gasteiger partial charge in [0.25, 0.3) is 12.3 Å². The summed E-state index contributed by atoms with van der Waals surface area (Å²) in [5.74, 6) is -0.353. The Morgan fingerprint density at radius 3 is 2.61 bits per heavy atom. The van der Waals surface area contributed by atoms with Crippen molar-refractivity contribution in [3.8, 4) is 0 Å². The second-order valence-corrected chi connectivity index (χ2v) is 5.60. The number of rotatable bonds is 5. The third-order valence-corrected chi connectivity index (χ3v) is 3.51. The summed E-state index contributed by atoms with van der Waals surface area (Å²) < 4.78 is 26.1. The van der Waals surface area contributed by atoms with Gasteiger partial charge in [-0.05, 0) is 34.1 Å². The second kappa shape index (κ2) is 7.40. The molecule has 0 spiro atoms. The van der Waals surface area contributed by atoms with Gasteiger partial charge in [-0.3, -0.25) is 4.79 Å². The summed E-state index contributed by atoms with van der Waals surface area (Å²) in [5.41, 5.74) is 0.329. The van der Waals surface area contributed by atoms with E-state index in [1.807, 2.05) is 0 Å². The number of hydrogen-bond donors (Lipinski definition) is 0. The zero-order valence-corrected chi connectivity index (χ0v) is 13.1. The van der Waals surface area contributed by atoms with Crippen molar-refractivity contribution < 1.29 is 13.6 Å². The monoisotopic (exact) mass is 403 g/mol. The van der Waals surface area contributed by atoms with Crippen LogP contribution in [0.3, 0.4) is 0 Å². The molecule has 18 heavy (non-hydrogen) atoms. The lowest BCUT2D eigenvalue weighted by atomic mass is 10.2. The van der Waals surface area contributed by atoms with Crippen molar-refractivity contribution in [2.75, 3.05) is 19.0 Å². The molecule has 0 atom stereocenters. The van der Waals surface area contributed by atoms with Crippen molar-refractivity contribution in [2.24, 2.45) is 0 Å². The highest BCUT2D eigenvalue weighted by molar-refractivity contribution is 9.11. The van der Waals surface area contributed by atoms with Gasteiger partial charge in [-0.1, -0.05) is 15.9 Å². The maximum Gasteiger partial charge on any atom is 0.255 e. The standard InChI is InChI=1S/C11H10Br2ClF2NO/c12-7-1-2-9(13)8(5-7)11(18)17(4-3-14)6-10(15)16/h1-2,5,10H,3-4,6H2. The lowest BCUT2D eigenvalue weighted by Crippen LogP contribution is -2.36. The zero-order valence-electron chi connectivity index (χ0n) is 9.18. The minimum Gasteiger partial charge on any atom is -0.332 e. The molecule has 0 bridgehead atoms. The molecule has 0 aliphatic heterocycles. The summed E-state index contributed by atoms with van der Waals surface area (Å²) in [6.45, 7) is -0.534. The first kappa shape index (κ1) is 15.9. The maximum atomic E-state index is 12.4. The minimum atomic E-state index is -2.58. The van der Waals surface area contributed by atoms with Gasteiger partial charge in [0.2, 0.25) is 0 Å². The third-order valence-electron chi connectivity index (χ3n) is 2.16. The van der Waals surface area contributed by atoms with Crippen LogP contribution in [-0.2, 0) is 0 Å². The number of amides is 1. The minimum absolute atomic E-state index is 0.0870. The lowest BCUT2D eigenvalue weighted by molar-refractivity contribution is 0.0570. The molecule has 0 N–H and O–H groups in total. The van der Waals surface area contributed by atoms with Gasteiger partial charge in [0.05, 0.1) is 12.1 Å². The van der Waals surface area contributed by atoms with E-state index in [4.69, 9.17) is 11.6 Å². The van der Waals surface area contributed by atoms with Crippen LogP contribution in [0, 0.1) is 0 Å². The van der Waals surface area contributed by atoms with E-state index in [1.54, 1.807) is 18.2 Å². The predicted octanol–water partition coefficient (Wildman–Crippen LogP) is 4.16. The van der Waals surface area contributed by atoms with Crippen LogP contribution in [-0.4, -0.2) is 36.2 Å². The molecule has 0 saturated heterocycles. The summed E-state index contributed by atoms with van der Waals surface area (Å²) in [5, 5.41) is 0. The molecule has 0 aliphatic carbocycles. The van der Waals surface area contributed by atoms with E-state index in [9.17, 15) is 13.6 Å². The van der Waals surface area contributed by atoms with Crippen molar-refractivity contribution in [1.29, 1.82) is 0 Å². The lowest BCUT2D eigenvalue weighted by Gasteiger charge is -2.21. The Morgan fingerprint density at radius 1 is 1.39 bits per heavy atom. The predicted molar refractivity (Wildman–Crippen MR) is 74.5 cm³/mol. The summed E-state index contributed by atoms with van der Waals surface area (Å²) in [7, 11) is 0. The fourth-order valence-corrected chi connectivity index (χ4v) is 2.36. The number of nitrogens with zero attached hydrogens (tertiary/aromatic N) is 1. The Balaban J connectivity index is 2.97. The summed E-state index contributed by atoms with van der Waals surface area (Å²) in [6, 6.07) is 5.01. The highest BCUT2D eigenvalue weighted by Gasteiger charge is 2.21. The van der Waals surface area contributed by atoms with Crippen LogP contribution >= 0.6 is 43.5 Å². The van der Waals surface area contributed by atoms with Crippen LogP contribution in [0.5, 0.6) is 0 Å². The molecule has 0 radical (unpaired) electrons. The van der Waals surface area contributed by atoms with E-state index < -0.39 is 18.9 Å². The van der Waals surface area contributed by atoms with Gasteiger partial charge >= 0.3 is 0 Å². The summed E-state index contributed by atoms with van der Waals surface area (Å²) in [4.78, 5) is 13.2. The van der Waals surface area contributed by atoms with Crippen LogP contribution in [0.15, 0.2) is 27.1 Å². The molecule has 1 rings (SSSR count). The molecule has 0 fully saturated rings. The molecule has 0 unspecified atom stereocenters. The molecule has 0 heterocycles. The summed E-state index contributed by atoms with van der Waals surface area (Å²) in [6.07, 6.45) is -2.58. The van der Waals surface area contributed by atoms with Gasteiger partial charge in [-0.2, -0.15) is 0 Å². The van der Waals surface area contributed by atoms with Gasteiger partial charge < -0.3 is 4.90 Å². The Bertz CT molecular complexity index is 432. The first-order chi connectivity index (χ1) is 8.45. The molecule has 1 amide bonds. The number of hydrogen-bond acceptors (Lipinski definition) is 1. The van der Waals surface area contributed by atoms with Crippen LogP contribution in [0.2, 0.25) is 0 Å². The van der Waals surface area contributed by atoms with Crippen LogP contribution in [0.4, 0.5) is 8.78 Å². The van der Waals surface area contributed by atoms with Crippen molar-refractivity contribution in [3.63, 3.8) is 0 Å². The number of halogens is 5. The molecule has 7 heteroatoms. The molecule has 1 aromatic carbocycles. The topological polar surface area (TPSA) is 20.3 Å². The highest BCUT2D eigenvalue weighted by atomic mass is 79.9. The number of carbonyl (C=O) groups excluding carboxylic acids is 1. The van der Waals surface area contributed by atoms with E-state index in [0.717, 1.165) is 4.90 Å². The smallest absolute Gasteiger partial charge is 0.255 e. The summed E-state index contributed by atoms with van der Waals surface area (Å²) >= 11 is 12.0. The van der Waals surface area contributed by atoms with Crippen molar-refractivity contribution in [1.82, 2.24) is 4.90 Å². The van der Waals surface area contributed by atoms with E-state index >= 15 is 0 Å².